The Balaban J connectivity index is 2.24. The molecule has 4 heteroatoms. The van der Waals surface area contributed by atoms with Crippen LogP contribution in [0.15, 0.2) is 12.1 Å². The van der Waals surface area contributed by atoms with Gasteiger partial charge < -0.3 is 10.1 Å². The summed E-state index contributed by atoms with van der Waals surface area (Å²) in [6, 6.07) is 4.07. The predicted octanol–water partition coefficient (Wildman–Crippen LogP) is 2.46. The quantitative estimate of drug-likeness (QED) is 0.864. The van der Waals surface area contributed by atoms with Crippen molar-refractivity contribution in [2.75, 3.05) is 0 Å². The third kappa shape index (κ3) is 2.38. The lowest BCUT2D eigenvalue weighted by Crippen LogP contribution is -2.13. The fourth-order valence-electron chi connectivity index (χ4n) is 1.73. The molecule has 0 aromatic heterocycles. The van der Waals surface area contributed by atoms with Gasteiger partial charge in [0, 0.05) is 10.1 Å². The van der Waals surface area contributed by atoms with Gasteiger partial charge in [-0.05, 0) is 53.6 Å². The summed E-state index contributed by atoms with van der Waals surface area (Å²) >= 11 is 2.21. The summed E-state index contributed by atoms with van der Waals surface area (Å²) in [5, 5.41) is 2.83. The smallest absolute Gasteiger partial charge is 0.252 e. The fraction of sp³-hybridized carbons (Fsp3) is 0.417. The molecule has 0 aliphatic carbocycles. The average molecular weight is 331 g/mol. The van der Waals surface area contributed by atoms with Gasteiger partial charge in [-0.2, -0.15) is 0 Å². The maximum atomic E-state index is 11.5. The molecule has 1 amide bonds. The van der Waals surface area contributed by atoms with Gasteiger partial charge in [0.15, 0.2) is 0 Å². The molecule has 1 N–H and O–H groups in total. The van der Waals surface area contributed by atoms with E-state index in [9.17, 15) is 4.79 Å². The van der Waals surface area contributed by atoms with Crippen molar-refractivity contribution in [1.82, 2.24) is 5.32 Å². The minimum atomic E-state index is 0.0377. The molecule has 16 heavy (non-hydrogen) atoms. The van der Waals surface area contributed by atoms with E-state index in [1.54, 1.807) is 0 Å². The Kier molecular flexibility index (Phi) is 3.49. The molecule has 0 atom stereocenters. The number of ether oxygens (including phenoxy) is 1. The minimum Gasteiger partial charge on any atom is -0.374 e. The number of carbonyl (C=O) groups is 1. The molecule has 0 spiro atoms. The predicted molar refractivity (Wildman–Crippen MR) is 70.3 cm³/mol. The fourth-order valence-corrected chi connectivity index (χ4v) is 2.72. The van der Waals surface area contributed by atoms with Gasteiger partial charge in [0.25, 0.3) is 5.91 Å². The second kappa shape index (κ2) is 4.71. The van der Waals surface area contributed by atoms with Crippen molar-refractivity contribution in [3.8, 4) is 0 Å². The molecule has 2 rings (SSSR count). The first-order valence-electron chi connectivity index (χ1n) is 5.29. The van der Waals surface area contributed by atoms with E-state index in [1.807, 2.05) is 19.9 Å². The summed E-state index contributed by atoms with van der Waals surface area (Å²) in [5.74, 6) is 0.0377. The Morgan fingerprint density at radius 3 is 2.94 bits per heavy atom. The van der Waals surface area contributed by atoms with Gasteiger partial charge in [0.2, 0.25) is 0 Å². The Labute approximate surface area is 109 Å². The number of hydrogen-bond acceptors (Lipinski definition) is 2. The van der Waals surface area contributed by atoms with Crippen molar-refractivity contribution in [2.45, 2.75) is 33.1 Å². The molecule has 86 valence electrons. The van der Waals surface area contributed by atoms with Crippen LogP contribution in [-0.4, -0.2) is 12.0 Å². The van der Waals surface area contributed by atoms with E-state index in [2.05, 4.69) is 34.0 Å². The van der Waals surface area contributed by atoms with Crippen LogP contribution in [0.5, 0.6) is 0 Å². The van der Waals surface area contributed by atoms with Crippen LogP contribution in [0.4, 0.5) is 0 Å². The van der Waals surface area contributed by atoms with Crippen LogP contribution < -0.4 is 5.32 Å². The molecule has 1 aromatic carbocycles. The Morgan fingerprint density at radius 1 is 1.50 bits per heavy atom. The van der Waals surface area contributed by atoms with Gasteiger partial charge in [-0.1, -0.05) is 6.07 Å². The molecule has 1 aromatic rings. The largest absolute Gasteiger partial charge is 0.374 e. The van der Waals surface area contributed by atoms with Crippen molar-refractivity contribution in [1.29, 1.82) is 0 Å². The molecule has 1 aliphatic rings. The van der Waals surface area contributed by atoms with Crippen LogP contribution >= 0.6 is 22.6 Å². The summed E-state index contributed by atoms with van der Waals surface area (Å²) < 4.78 is 6.57. The van der Waals surface area contributed by atoms with Gasteiger partial charge in [0.05, 0.1) is 18.3 Å². The SMILES string of the molecule is CC(C)OCc1cc(I)c2c(c1)CNC2=O. The molecular formula is C12H14INO2. The lowest BCUT2D eigenvalue weighted by molar-refractivity contribution is 0.0656. The van der Waals surface area contributed by atoms with Crippen LogP contribution in [0.2, 0.25) is 0 Å². The Bertz CT molecular complexity index is 429. The van der Waals surface area contributed by atoms with Gasteiger partial charge in [-0.3, -0.25) is 4.79 Å². The molecule has 0 unspecified atom stereocenters. The van der Waals surface area contributed by atoms with Crippen LogP contribution in [0, 0.1) is 3.57 Å². The second-order valence-electron chi connectivity index (χ2n) is 4.15. The summed E-state index contributed by atoms with van der Waals surface area (Å²) in [5.41, 5.74) is 3.04. The molecule has 1 heterocycles. The third-order valence-corrected chi connectivity index (χ3v) is 3.33. The average Bonchev–Trinajstić information content (AvgIpc) is 2.58. The number of hydrogen-bond donors (Lipinski definition) is 1. The summed E-state index contributed by atoms with van der Waals surface area (Å²) in [4.78, 5) is 11.5. The monoisotopic (exact) mass is 331 g/mol. The van der Waals surface area contributed by atoms with E-state index < -0.39 is 0 Å². The van der Waals surface area contributed by atoms with Gasteiger partial charge in [-0.15, -0.1) is 0 Å². The Hall–Kier alpha value is -0.620. The summed E-state index contributed by atoms with van der Waals surface area (Å²) in [6.07, 6.45) is 0.227. The maximum absolute atomic E-state index is 11.5. The number of carbonyl (C=O) groups excluding carboxylic acids is 1. The van der Waals surface area contributed by atoms with Crippen LogP contribution in [0.3, 0.4) is 0 Å². The van der Waals surface area contributed by atoms with E-state index in [0.717, 1.165) is 20.3 Å². The van der Waals surface area contributed by atoms with Crippen LogP contribution in [0.1, 0.15) is 35.3 Å². The highest BCUT2D eigenvalue weighted by Gasteiger charge is 2.22. The highest BCUT2D eigenvalue weighted by atomic mass is 127. The molecule has 0 fully saturated rings. The number of amides is 1. The van der Waals surface area contributed by atoms with E-state index in [4.69, 9.17) is 4.74 Å². The van der Waals surface area contributed by atoms with Crippen molar-refractivity contribution in [3.05, 3.63) is 32.4 Å². The van der Waals surface area contributed by atoms with E-state index in [-0.39, 0.29) is 12.0 Å². The minimum absolute atomic E-state index is 0.0377. The maximum Gasteiger partial charge on any atom is 0.252 e. The number of fused-ring (bicyclic) bond motifs is 1. The number of nitrogens with one attached hydrogen (secondary N) is 1. The molecule has 0 saturated carbocycles. The van der Waals surface area contributed by atoms with E-state index in [0.29, 0.717) is 13.2 Å². The summed E-state index contributed by atoms with van der Waals surface area (Å²) in [6.45, 7) is 5.28. The zero-order valence-corrected chi connectivity index (χ0v) is 11.5. The van der Waals surface area contributed by atoms with Crippen LogP contribution in [-0.2, 0) is 17.9 Å². The summed E-state index contributed by atoms with van der Waals surface area (Å²) in [7, 11) is 0. The first-order chi connectivity index (χ1) is 7.58. The Morgan fingerprint density at radius 2 is 2.25 bits per heavy atom. The van der Waals surface area contributed by atoms with E-state index in [1.165, 1.54) is 0 Å². The van der Waals surface area contributed by atoms with Gasteiger partial charge >= 0.3 is 0 Å². The molecule has 0 radical (unpaired) electrons. The number of halogens is 1. The standard InChI is InChI=1S/C12H14INO2/c1-7(2)16-6-8-3-9-5-14-12(15)11(9)10(13)4-8/h3-4,7H,5-6H2,1-2H3,(H,14,15). The zero-order valence-electron chi connectivity index (χ0n) is 9.34. The first kappa shape index (κ1) is 11.9. The van der Waals surface area contributed by atoms with Crippen molar-refractivity contribution in [3.63, 3.8) is 0 Å². The molecule has 0 saturated heterocycles. The highest BCUT2D eigenvalue weighted by Crippen LogP contribution is 2.24. The lowest BCUT2D eigenvalue weighted by atomic mass is 10.1. The second-order valence-corrected chi connectivity index (χ2v) is 5.32. The van der Waals surface area contributed by atoms with E-state index >= 15 is 0 Å². The molecule has 1 aliphatic heterocycles. The highest BCUT2D eigenvalue weighted by molar-refractivity contribution is 14.1. The molecular weight excluding hydrogens is 317 g/mol. The van der Waals surface area contributed by atoms with Crippen molar-refractivity contribution in [2.24, 2.45) is 0 Å². The number of rotatable bonds is 3. The van der Waals surface area contributed by atoms with Crippen LogP contribution in [0.25, 0.3) is 0 Å². The number of benzene rings is 1. The third-order valence-electron chi connectivity index (χ3n) is 2.48. The van der Waals surface area contributed by atoms with Crippen molar-refractivity contribution < 1.29 is 9.53 Å². The lowest BCUT2D eigenvalue weighted by Gasteiger charge is -2.09. The molecule has 0 bridgehead atoms. The van der Waals surface area contributed by atoms with Crippen molar-refractivity contribution >= 4 is 28.5 Å². The first-order valence-corrected chi connectivity index (χ1v) is 6.37. The van der Waals surface area contributed by atoms with Gasteiger partial charge in [-0.25, -0.2) is 0 Å². The topological polar surface area (TPSA) is 38.3 Å². The zero-order chi connectivity index (χ0) is 11.7. The van der Waals surface area contributed by atoms with Gasteiger partial charge in [0.1, 0.15) is 0 Å². The normalized spacial score (nSPS) is 14.1. The molecule has 3 nitrogen and oxygen atoms in total.